The zero-order chi connectivity index (χ0) is 15.1. The van der Waals surface area contributed by atoms with Crippen LogP contribution in [0.5, 0.6) is 5.75 Å². The largest absolute Gasteiger partial charge is 0.492 e. The first-order chi connectivity index (χ1) is 10.2. The van der Waals surface area contributed by atoms with E-state index in [1.54, 1.807) is 6.20 Å². The molecular formula is C15H19ClN4O. The summed E-state index contributed by atoms with van der Waals surface area (Å²) in [4.78, 5) is 10.1. The number of hydrogen-bond donors (Lipinski definition) is 1. The van der Waals surface area contributed by atoms with Gasteiger partial charge in [0.05, 0.1) is 6.20 Å². The Morgan fingerprint density at radius 2 is 2.10 bits per heavy atom. The summed E-state index contributed by atoms with van der Waals surface area (Å²) in [6.45, 7) is 2.12. The van der Waals surface area contributed by atoms with E-state index in [0.29, 0.717) is 24.0 Å². The fraction of sp³-hybridized carbons (Fsp3) is 0.333. The summed E-state index contributed by atoms with van der Waals surface area (Å²) < 4.78 is 5.82. The smallest absolute Gasteiger partial charge is 0.148 e. The van der Waals surface area contributed by atoms with Gasteiger partial charge in [0.2, 0.25) is 0 Å². The molecular weight excluding hydrogens is 288 g/mol. The summed E-state index contributed by atoms with van der Waals surface area (Å²) in [5, 5.41) is 3.70. The molecule has 0 spiro atoms. The van der Waals surface area contributed by atoms with Crippen molar-refractivity contribution in [3.8, 4) is 5.75 Å². The molecule has 112 valence electrons. The van der Waals surface area contributed by atoms with Gasteiger partial charge in [0.1, 0.15) is 29.5 Å². The second-order valence-electron chi connectivity index (χ2n) is 4.83. The van der Waals surface area contributed by atoms with Crippen molar-refractivity contribution in [2.45, 2.75) is 6.54 Å². The molecule has 0 amide bonds. The van der Waals surface area contributed by atoms with Crippen molar-refractivity contribution in [2.24, 2.45) is 0 Å². The molecule has 0 bridgehead atoms. The van der Waals surface area contributed by atoms with E-state index in [2.05, 4.69) is 20.2 Å². The lowest BCUT2D eigenvalue weighted by molar-refractivity contribution is 0.259. The molecule has 5 nitrogen and oxygen atoms in total. The third-order valence-corrected chi connectivity index (χ3v) is 3.16. The van der Waals surface area contributed by atoms with Crippen LogP contribution >= 0.6 is 11.6 Å². The minimum atomic E-state index is 0.503. The fourth-order valence-corrected chi connectivity index (χ4v) is 1.92. The van der Waals surface area contributed by atoms with Crippen molar-refractivity contribution in [2.75, 3.05) is 32.6 Å². The van der Waals surface area contributed by atoms with Crippen LogP contribution in [0.3, 0.4) is 0 Å². The Hall–Kier alpha value is -1.85. The minimum Gasteiger partial charge on any atom is -0.492 e. The van der Waals surface area contributed by atoms with Gasteiger partial charge in [-0.05, 0) is 20.2 Å². The molecule has 0 atom stereocenters. The molecule has 0 radical (unpaired) electrons. The van der Waals surface area contributed by atoms with Crippen molar-refractivity contribution >= 4 is 17.4 Å². The molecule has 6 heteroatoms. The summed E-state index contributed by atoms with van der Waals surface area (Å²) in [6, 6.07) is 7.94. The summed E-state index contributed by atoms with van der Waals surface area (Å²) in [7, 11) is 4.04. The standard InChI is InChI=1S/C15H19ClN4O/c1-20(2)7-8-21-14-6-4-3-5-12(14)9-18-15-13(16)10-17-11-19-15/h3-6,10-11H,7-9H2,1-2H3,(H,17,18,19). The lowest BCUT2D eigenvalue weighted by Gasteiger charge is -2.14. The van der Waals surface area contributed by atoms with Crippen molar-refractivity contribution in [3.05, 3.63) is 47.4 Å². The third-order valence-electron chi connectivity index (χ3n) is 2.88. The Labute approximate surface area is 129 Å². The molecule has 1 aromatic carbocycles. The summed E-state index contributed by atoms with van der Waals surface area (Å²) >= 11 is 6.02. The van der Waals surface area contributed by atoms with E-state index < -0.39 is 0 Å². The van der Waals surface area contributed by atoms with E-state index in [-0.39, 0.29) is 0 Å². The molecule has 21 heavy (non-hydrogen) atoms. The first kappa shape index (κ1) is 15.5. The molecule has 0 aliphatic carbocycles. The maximum Gasteiger partial charge on any atom is 0.148 e. The number of likely N-dealkylation sites (N-methyl/N-ethyl adjacent to an activating group) is 1. The Balaban J connectivity index is 1.98. The summed E-state index contributed by atoms with van der Waals surface area (Å²) in [5.74, 6) is 1.49. The predicted octanol–water partition coefficient (Wildman–Crippen LogP) is 2.68. The van der Waals surface area contributed by atoms with Crippen molar-refractivity contribution in [3.63, 3.8) is 0 Å². The number of rotatable bonds is 7. The van der Waals surface area contributed by atoms with Gasteiger partial charge in [-0.2, -0.15) is 0 Å². The van der Waals surface area contributed by atoms with E-state index in [1.165, 1.54) is 6.33 Å². The van der Waals surface area contributed by atoms with Crippen LogP contribution in [-0.2, 0) is 6.54 Å². The number of benzene rings is 1. The van der Waals surface area contributed by atoms with Gasteiger partial charge in [-0.1, -0.05) is 29.8 Å². The average molecular weight is 307 g/mol. The number of hydrogen-bond acceptors (Lipinski definition) is 5. The molecule has 0 saturated carbocycles. The molecule has 0 saturated heterocycles. The zero-order valence-electron chi connectivity index (χ0n) is 12.2. The lowest BCUT2D eigenvalue weighted by atomic mass is 10.2. The van der Waals surface area contributed by atoms with Gasteiger partial charge in [0.25, 0.3) is 0 Å². The second-order valence-corrected chi connectivity index (χ2v) is 5.24. The van der Waals surface area contributed by atoms with Crippen LogP contribution in [-0.4, -0.2) is 42.1 Å². The van der Waals surface area contributed by atoms with Crippen LogP contribution in [0.1, 0.15) is 5.56 Å². The predicted molar refractivity (Wildman–Crippen MR) is 84.9 cm³/mol. The normalized spacial score (nSPS) is 10.7. The average Bonchev–Trinajstić information content (AvgIpc) is 2.47. The number of nitrogens with one attached hydrogen (secondary N) is 1. The monoisotopic (exact) mass is 306 g/mol. The molecule has 1 aromatic heterocycles. The van der Waals surface area contributed by atoms with Crippen molar-refractivity contribution in [1.82, 2.24) is 14.9 Å². The Bertz CT molecular complexity index is 577. The highest BCUT2D eigenvalue weighted by Crippen LogP contribution is 2.21. The molecule has 2 rings (SSSR count). The number of nitrogens with zero attached hydrogens (tertiary/aromatic N) is 3. The van der Waals surface area contributed by atoms with E-state index in [1.807, 2.05) is 38.4 Å². The summed E-state index contributed by atoms with van der Waals surface area (Å²) in [6.07, 6.45) is 3.03. The lowest BCUT2D eigenvalue weighted by Crippen LogP contribution is -2.19. The van der Waals surface area contributed by atoms with E-state index in [0.717, 1.165) is 17.9 Å². The highest BCUT2D eigenvalue weighted by Gasteiger charge is 2.05. The first-order valence-corrected chi connectivity index (χ1v) is 7.09. The fourth-order valence-electron chi connectivity index (χ4n) is 1.75. The van der Waals surface area contributed by atoms with Gasteiger partial charge in [0.15, 0.2) is 0 Å². The van der Waals surface area contributed by atoms with Crippen LogP contribution < -0.4 is 10.1 Å². The van der Waals surface area contributed by atoms with Crippen LogP contribution in [0.4, 0.5) is 5.82 Å². The van der Waals surface area contributed by atoms with Crippen LogP contribution in [0.15, 0.2) is 36.8 Å². The van der Waals surface area contributed by atoms with Crippen molar-refractivity contribution < 1.29 is 4.74 Å². The maximum atomic E-state index is 6.02. The van der Waals surface area contributed by atoms with Gasteiger partial charge in [-0.3, -0.25) is 0 Å². The Kier molecular flexibility index (Phi) is 5.78. The third kappa shape index (κ3) is 4.88. The van der Waals surface area contributed by atoms with Gasteiger partial charge in [0, 0.05) is 18.7 Å². The number of ether oxygens (including phenoxy) is 1. The first-order valence-electron chi connectivity index (χ1n) is 6.71. The highest BCUT2D eigenvalue weighted by molar-refractivity contribution is 6.32. The molecule has 0 unspecified atom stereocenters. The van der Waals surface area contributed by atoms with Gasteiger partial charge < -0.3 is 15.0 Å². The molecule has 1 heterocycles. The zero-order valence-corrected chi connectivity index (χ0v) is 13.0. The van der Waals surface area contributed by atoms with E-state index >= 15 is 0 Å². The molecule has 0 aliphatic heterocycles. The number of halogens is 1. The van der Waals surface area contributed by atoms with Crippen molar-refractivity contribution in [1.29, 1.82) is 0 Å². The molecule has 0 fully saturated rings. The SMILES string of the molecule is CN(C)CCOc1ccccc1CNc1ncncc1Cl. The van der Waals surface area contributed by atoms with Crippen LogP contribution in [0.25, 0.3) is 0 Å². The quantitative estimate of drug-likeness (QED) is 0.852. The Morgan fingerprint density at radius 3 is 2.86 bits per heavy atom. The van der Waals surface area contributed by atoms with Gasteiger partial charge in [-0.15, -0.1) is 0 Å². The summed E-state index contributed by atoms with van der Waals surface area (Å²) in [5.41, 5.74) is 1.06. The van der Waals surface area contributed by atoms with Gasteiger partial charge >= 0.3 is 0 Å². The Morgan fingerprint density at radius 1 is 1.29 bits per heavy atom. The number of aromatic nitrogens is 2. The highest BCUT2D eigenvalue weighted by atomic mass is 35.5. The molecule has 1 N–H and O–H groups in total. The molecule has 2 aromatic rings. The topological polar surface area (TPSA) is 50.3 Å². The number of para-hydroxylation sites is 1. The second kappa shape index (κ2) is 7.81. The van der Waals surface area contributed by atoms with E-state index in [9.17, 15) is 0 Å². The van der Waals surface area contributed by atoms with Crippen LogP contribution in [0.2, 0.25) is 5.02 Å². The number of anilines is 1. The molecule has 0 aliphatic rings. The maximum absolute atomic E-state index is 6.02. The van der Waals surface area contributed by atoms with Gasteiger partial charge in [-0.25, -0.2) is 9.97 Å². The van der Waals surface area contributed by atoms with E-state index in [4.69, 9.17) is 16.3 Å². The van der Waals surface area contributed by atoms with Crippen LogP contribution in [0, 0.1) is 0 Å². The minimum absolute atomic E-state index is 0.503.